The van der Waals surface area contributed by atoms with Gasteiger partial charge in [-0.15, -0.1) is 0 Å². The number of carbonyl (C=O) groups excluding carboxylic acids is 1. The van der Waals surface area contributed by atoms with E-state index in [1.54, 1.807) is 0 Å². The maximum absolute atomic E-state index is 11.8. The number of hydrogen-bond acceptors (Lipinski definition) is 3. The predicted molar refractivity (Wildman–Crippen MR) is 55.1 cm³/mol. The first-order valence-corrected chi connectivity index (χ1v) is 5.38. The fourth-order valence-electron chi connectivity index (χ4n) is 2.44. The quantitative estimate of drug-likeness (QED) is 0.553. The Morgan fingerprint density at radius 3 is 2.93 bits per heavy atom. The number of piperidine rings is 1. The van der Waals surface area contributed by atoms with Crippen LogP contribution in [0.5, 0.6) is 0 Å². The highest BCUT2D eigenvalue weighted by Gasteiger charge is 2.44. The number of hydrogen-bond donors (Lipinski definition) is 2. The maximum atomic E-state index is 11.8. The van der Waals surface area contributed by atoms with Gasteiger partial charge in [-0.05, 0) is 26.8 Å². The Balaban J connectivity index is 2.11. The summed E-state index contributed by atoms with van der Waals surface area (Å²) < 4.78 is 0. The smallest absolute Gasteiger partial charge is 0.240 e. The van der Waals surface area contributed by atoms with E-state index in [2.05, 4.69) is 29.5 Å². The standard InChI is InChI=1S/C10H19N3O/c1-8-7-10(3-6-13(8)2)9(14)11-4-5-12-10/h8,12H,3-7H2,1-2H3,(H,11,14). The molecule has 2 unspecified atom stereocenters. The van der Waals surface area contributed by atoms with Crippen molar-refractivity contribution in [2.75, 3.05) is 26.7 Å². The van der Waals surface area contributed by atoms with Gasteiger partial charge >= 0.3 is 0 Å². The number of nitrogens with zero attached hydrogens (tertiary/aromatic N) is 1. The highest BCUT2D eigenvalue weighted by Crippen LogP contribution is 2.27. The minimum absolute atomic E-state index is 0.198. The largest absolute Gasteiger partial charge is 0.353 e. The second-order valence-corrected chi connectivity index (χ2v) is 4.55. The molecule has 2 N–H and O–H groups in total. The summed E-state index contributed by atoms with van der Waals surface area (Å²) in [7, 11) is 2.12. The fourth-order valence-corrected chi connectivity index (χ4v) is 2.44. The number of likely N-dealkylation sites (tertiary alicyclic amines) is 1. The first-order chi connectivity index (χ1) is 6.64. The molecule has 2 aliphatic rings. The van der Waals surface area contributed by atoms with Crippen molar-refractivity contribution in [1.29, 1.82) is 0 Å². The maximum Gasteiger partial charge on any atom is 0.240 e. The molecule has 1 spiro atoms. The highest BCUT2D eigenvalue weighted by atomic mass is 16.2. The number of amides is 1. The van der Waals surface area contributed by atoms with Gasteiger partial charge in [0.25, 0.3) is 0 Å². The van der Waals surface area contributed by atoms with Gasteiger partial charge < -0.3 is 15.5 Å². The fraction of sp³-hybridized carbons (Fsp3) is 0.900. The Morgan fingerprint density at radius 1 is 1.50 bits per heavy atom. The van der Waals surface area contributed by atoms with E-state index in [9.17, 15) is 4.79 Å². The summed E-state index contributed by atoms with van der Waals surface area (Å²) in [5.41, 5.74) is -0.274. The van der Waals surface area contributed by atoms with Gasteiger partial charge in [-0.1, -0.05) is 0 Å². The molecule has 0 saturated carbocycles. The second kappa shape index (κ2) is 3.51. The topological polar surface area (TPSA) is 44.4 Å². The molecular formula is C10H19N3O. The normalized spacial score (nSPS) is 39.9. The van der Waals surface area contributed by atoms with Crippen molar-refractivity contribution in [3.05, 3.63) is 0 Å². The van der Waals surface area contributed by atoms with Crippen LogP contribution in [-0.2, 0) is 4.79 Å². The summed E-state index contributed by atoms with van der Waals surface area (Å²) >= 11 is 0. The van der Waals surface area contributed by atoms with E-state index in [1.807, 2.05) is 0 Å². The van der Waals surface area contributed by atoms with Crippen molar-refractivity contribution in [3.8, 4) is 0 Å². The molecule has 4 heteroatoms. The van der Waals surface area contributed by atoms with Crippen molar-refractivity contribution in [1.82, 2.24) is 15.5 Å². The molecule has 0 aromatic heterocycles. The zero-order chi connectivity index (χ0) is 10.2. The lowest BCUT2D eigenvalue weighted by molar-refractivity contribution is -0.132. The summed E-state index contributed by atoms with van der Waals surface area (Å²) in [6.07, 6.45) is 1.86. The monoisotopic (exact) mass is 197 g/mol. The minimum atomic E-state index is -0.274. The van der Waals surface area contributed by atoms with E-state index in [0.717, 1.165) is 32.5 Å². The Morgan fingerprint density at radius 2 is 2.29 bits per heavy atom. The van der Waals surface area contributed by atoms with Crippen LogP contribution in [0.3, 0.4) is 0 Å². The molecule has 2 saturated heterocycles. The van der Waals surface area contributed by atoms with Gasteiger partial charge in [-0.25, -0.2) is 0 Å². The van der Waals surface area contributed by atoms with Crippen LogP contribution >= 0.6 is 0 Å². The van der Waals surface area contributed by atoms with E-state index >= 15 is 0 Å². The van der Waals surface area contributed by atoms with E-state index < -0.39 is 0 Å². The molecule has 0 radical (unpaired) electrons. The molecule has 2 fully saturated rings. The molecule has 2 rings (SSSR count). The van der Waals surface area contributed by atoms with Crippen molar-refractivity contribution < 1.29 is 4.79 Å². The summed E-state index contributed by atoms with van der Waals surface area (Å²) in [5, 5.41) is 6.35. The van der Waals surface area contributed by atoms with Gasteiger partial charge in [0.2, 0.25) is 5.91 Å². The molecule has 4 nitrogen and oxygen atoms in total. The zero-order valence-corrected chi connectivity index (χ0v) is 8.97. The molecule has 0 aliphatic carbocycles. The van der Waals surface area contributed by atoms with Crippen molar-refractivity contribution in [3.63, 3.8) is 0 Å². The third-order valence-corrected chi connectivity index (χ3v) is 3.60. The van der Waals surface area contributed by atoms with Crippen LogP contribution in [-0.4, -0.2) is 49.1 Å². The van der Waals surface area contributed by atoms with Crippen LogP contribution in [0.15, 0.2) is 0 Å². The van der Waals surface area contributed by atoms with E-state index in [4.69, 9.17) is 0 Å². The Labute approximate surface area is 85.0 Å². The van der Waals surface area contributed by atoms with Crippen LogP contribution in [0.2, 0.25) is 0 Å². The summed E-state index contributed by atoms with van der Waals surface area (Å²) in [6.45, 7) is 4.86. The average Bonchev–Trinajstić information content (AvgIpc) is 2.17. The minimum Gasteiger partial charge on any atom is -0.353 e. The summed E-state index contributed by atoms with van der Waals surface area (Å²) in [4.78, 5) is 14.1. The lowest BCUT2D eigenvalue weighted by atomic mass is 9.82. The first-order valence-electron chi connectivity index (χ1n) is 5.38. The first kappa shape index (κ1) is 9.93. The molecule has 0 aromatic carbocycles. The Hall–Kier alpha value is -0.610. The van der Waals surface area contributed by atoms with E-state index in [-0.39, 0.29) is 11.4 Å². The molecule has 80 valence electrons. The molecule has 2 atom stereocenters. The van der Waals surface area contributed by atoms with E-state index in [1.165, 1.54) is 0 Å². The average molecular weight is 197 g/mol. The number of carbonyl (C=O) groups is 1. The van der Waals surface area contributed by atoms with Crippen LogP contribution in [0, 0.1) is 0 Å². The van der Waals surface area contributed by atoms with Gasteiger partial charge in [0.15, 0.2) is 0 Å². The van der Waals surface area contributed by atoms with Gasteiger partial charge in [-0.2, -0.15) is 0 Å². The van der Waals surface area contributed by atoms with Gasteiger partial charge in [0.1, 0.15) is 5.54 Å². The van der Waals surface area contributed by atoms with Crippen LogP contribution in [0.25, 0.3) is 0 Å². The van der Waals surface area contributed by atoms with Gasteiger partial charge in [-0.3, -0.25) is 4.79 Å². The lowest BCUT2D eigenvalue weighted by Gasteiger charge is -2.45. The molecule has 0 bridgehead atoms. The van der Waals surface area contributed by atoms with Crippen LogP contribution in [0.1, 0.15) is 19.8 Å². The number of piperazine rings is 1. The summed E-state index contributed by atoms with van der Waals surface area (Å²) in [6, 6.07) is 0.486. The van der Waals surface area contributed by atoms with Crippen LogP contribution in [0.4, 0.5) is 0 Å². The van der Waals surface area contributed by atoms with E-state index in [0.29, 0.717) is 6.04 Å². The molecular weight excluding hydrogens is 178 g/mol. The molecule has 14 heavy (non-hydrogen) atoms. The second-order valence-electron chi connectivity index (χ2n) is 4.55. The van der Waals surface area contributed by atoms with Gasteiger partial charge in [0.05, 0.1) is 0 Å². The van der Waals surface area contributed by atoms with Crippen molar-refractivity contribution >= 4 is 5.91 Å². The van der Waals surface area contributed by atoms with Crippen LogP contribution < -0.4 is 10.6 Å². The molecule has 0 aromatic rings. The Bertz CT molecular complexity index is 244. The predicted octanol–water partition coefficient (Wildman–Crippen LogP) is -0.441. The lowest BCUT2D eigenvalue weighted by Crippen LogP contribution is -2.67. The summed E-state index contributed by atoms with van der Waals surface area (Å²) in [5.74, 6) is 0.198. The third kappa shape index (κ3) is 1.53. The molecule has 2 heterocycles. The number of rotatable bonds is 0. The zero-order valence-electron chi connectivity index (χ0n) is 8.97. The Kier molecular flexibility index (Phi) is 2.49. The van der Waals surface area contributed by atoms with Crippen molar-refractivity contribution in [2.45, 2.75) is 31.3 Å². The van der Waals surface area contributed by atoms with Gasteiger partial charge in [0, 0.05) is 25.7 Å². The molecule has 1 amide bonds. The highest BCUT2D eigenvalue weighted by molar-refractivity contribution is 5.87. The number of nitrogens with one attached hydrogen (secondary N) is 2. The third-order valence-electron chi connectivity index (χ3n) is 3.60. The molecule has 2 aliphatic heterocycles. The van der Waals surface area contributed by atoms with Crippen molar-refractivity contribution in [2.24, 2.45) is 0 Å². The SMILES string of the molecule is CC1CC2(CCN1C)NCCNC2=O.